The molecule has 2 aromatic rings. The van der Waals surface area contributed by atoms with E-state index in [4.69, 9.17) is 4.42 Å². The van der Waals surface area contributed by atoms with Crippen molar-refractivity contribution in [3.05, 3.63) is 53.0 Å². The van der Waals surface area contributed by atoms with Crippen molar-refractivity contribution < 1.29 is 12.8 Å². The van der Waals surface area contributed by atoms with E-state index in [1.54, 1.807) is 6.26 Å². The summed E-state index contributed by atoms with van der Waals surface area (Å²) >= 11 is 0. The molecule has 114 valence electrons. The second-order valence-corrected chi connectivity index (χ2v) is 7.01. The molecule has 0 bridgehead atoms. The summed E-state index contributed by atoms with van der Waals surface area (Å²) in [6.07, 6.45) is 3.05. The maximum absolute atomic E-state index is 12.4. The summed E-state index contributed by atoms with van der Waals surface area (Å²) in [4.78, 5) is 0.395. The van der Waals surface area contributed by atoms with Crippen LogP contribution in [0.4, 0.5) is 0 Å². The molecule has 1 heterocycles. The minimum atomic E-state index is -3.46. The molecule has 1 N–H and O–H groups in total. The number of hydrogen-bond donors (Lipinski definition) is 1. The summed E-state index contributed by atoms with van der Waals surface area (Å²) in [5.41, 5.74) is 2.64. The van der Waals surface area contributed by atoms with Crippen molar-refractivity contribution in [3.8, 4) is 0 Å². The standard InChI is InChI=1S/C16H21NO3S/c1-12-10-13(2)16(14(3)11-12)21(18,19)17-8-4-6-15-7-5-9-20-15/h5,7,9-11,17H,4,6,8H2,1-3H3. The van der Waals surface area contributed by atoms with Crippen molar-refractivity contribution in [2.75, 3.05) is 6.54 Å². The third-order valence-electron chi connectivity index (χ3n) is 3.35. The van der Waals surface area contributed by atoms with Gasteiger partial charge in [-0.25, -0.2) is 13.1 Å². The van der Waals surface area contributed by atoms with Crippen LogP contribution in [0, 0.1) is 20.8 Å². The fraction of sp³-hybridized carbons (Fsp3) is 0.375. The van der Waals surface area contributed by atoms with Gasteiger partial charge in [-0.1, -0.05) is 17.7 Å². The first kappa shape index (κ1) is 15.8. The summed E-state index contributed by atoms with van der Waals surface area (Å²) < 4.78 is 32.7. The quantitative estimate of drug-likeness (QED) is 0.834. The summed E-state index contributed by atoms with van der Waals surface area (Å²) in [6.45, 7) is 6.03. The first-order valence-corrected chi connectivity index (χ1v) is 8.48. The highest BCUT2D eigenvalue weighted by Gasteiger charge is 2.19. The van der Waals surface area contributed by atoms with E-state index in [2.05, 4.69) is 4.72 Å². The van der Waals surface area contributed by atoms with Crippen molar-refractivity contribution in [1.29, 1.82) is 0 Å². The lowest BCUT2D eigenvalue weighted by molar-refractivity contribution is 0.500. The van der Waals surface area contributed by atoms with E-state index < -0.39 is 10.0 Å². The van der Waals surface area contributed by atoms with Crippen molar-refractivity contribution in [1.82, 2.24) is 4.72 Å². The lowest BCUT2D eigenvalue weighted by Gasteiger charge is -2.13. The number of furan rings is 1. The van der Waals surface area contributed by atoms with Gasteiger partial charge in [0.15, 0.2) is 0 Å². The van der Waals surface area contributed by atoms with Crippen LogP contribution < -0.4 is 4.72 Å². The average molecular weight is 307 g/mol. The smallest absolute Gasteiger partial charge is 0.241 e. The zero-order valence-corrected chi connectivity index (χ0v) is 13.5. The topological polar surface area (TPSA) is 59.3 Å². The molecule has 0 atom stereocenters. The molecule has 0 saturated heterocycles. The molecule has 2 rings (SSSR count). The van der Waals surface area contributed by atoms with Crippen LogP contribution in [-0.4, -0.2) is 15.0 Å². The van der Waals surface area contributed by atoms with Gasteiger partial charge in [-0.05, 0) is 50.5 Å². The maximum atomic E-state index is 12.4. The lowest BCUT2D eigenvalue weighted by Crippen LogP contribution is -2.26. The molecule has 0 unspecified atom stereocenters. The Morgan fingerprint density at radius 1 is 1.14 bits per heavy atom. The summed E-state index contributed by atoms with van der Waals surface area (Å²) in [6, 6.07) is 7.51. The second kappa shape index (κ2) is 6.45. The summed E-state index contributed by atoms with van der Waals surface area (Å²) in [5, 5.41) is 0. The van der Waals surface area contributed by atoms with Gasteiger partial charge in [0.25, 0.3) is 0 Å². The SMILES string of the molecule is Cc1cc(C)c(S(=O)(=O)NCCCc2ccco2)c(C)c1. The predicted octanol–water partition coefficient (Wildman–Crippen LogP) is 3.12. The molecule has 0 amide bonds. The van der Waals surface area contributed by atoms with Crippen molar-refractivity contribution in [2.45, 2.75) is 38.5 Å². The Balaban J connectivity index is 2.02. The number of aryl methyl sites for hydroxylation is 4. The molecule has 21 heavy (non-hydrogen) atoms. The van der Waals surface area contributed by atoms with Gasteiger partial charge in [-0.2, -0.15) is 0 Å². The van der Waals surface area contributed by atoms with E-state index >= 15 is 0 Å². The van der Waals surface area contributed by atoms with Gasteiger partial charge in [0, 0.05) is 13.0 Å². The first-order valence-electron chi connectivity index (χ1n) is 7.00. The molecule has 0 radical (unpaired) electrons. The molecule has 5 heteroatoms. The molecular formula is C16H21NO3S. The lowest BCUT2D eigenvalue weighted by atomic mass is 10.1. The van der Waals surface area contributed by atoms with E-state index in [0.717, 1.165) is 28.9 Å². The van der Waals surface area contributed by atoms with Gasteiger partial charge in [-0.15, -0.1) is 0 Å². The maximum Gasteiger partial charge on any atom is 0.241 e. The van der Waals surface area contributed by atoms with Crippen molar-refractivity contribution >= 4 is 10.0 Å². The molecule has 1 aromatic heterocycles. The zero-order chi connectivity index (χ0) is 15.5. The van der Waals surface area contributed by atoms with Crippen LogP contribution in [0.1, 0.15) is 28.9 Å². The van der Waals surface area contributed by atoms with Crippen LogP contribution in [0.2, 0.25) is 0 Å². The summed E-state index contributed by atoms with van der Waals surface area (Å²) in [5.74, 6) is 0.872. The Morgan fingerprint density at radius 3 is 2.38 bits per heavy atom. The molecule has 0 fully saturated rings. The normalized spacial score (nSPS) is 11.8. The molecule has 0 saturated carbocycles. The third kappa shape index (κ3) is 3.95. The number of hydrogen-bond acceptors (Lipinski definition) is 3. The largest absolute Gasteiger partial charge is 0.469 e. The van der Waals surface area contributed by atoms with E-state index in [0.29, 0.717) is 17.9 Å². The third-order valence-corrected chi connectivity index (χ3v) is 5.11. The van der Waals surface area contributed by atoms with E-state index in [1.807, 2.05) is 45.0 Å². The van der Waals surface area contributed by atoms with Gasteiger partial charge in [0.2, 0.25) is 10.0 Å². The van der Waals surface area contributed by atoms with Gasteiger partial charge in [0.1, 0.15) is 5.76 Å². The predicted molar refractivity (Wildman–Crippen MR) is 82.9 cm³/mol. The average Bonchev–Trinajstić information content (AvgIpc) is 2.86. The molecule has 0 aliphatic carbocycles. The fourth-order valence-corrected chi connectivity index (χ4v) is 4.11. The Morgan fingerprint density at radius 2 is 1.81 bits per heavy atom. The van der Waals surface area contributed by atoms with E-state index in [9.17, 15) is 8.42 Å². The molecule has 4 nitrogen and oxygen atoms in total. The number of benzene rings is 1. The molecule has 0 aliphatic heterocycles. The van der Waals surface area contributed by atoms with Gasteiger partial charge >= 0.3 is 0 Å². The van der Waals surface area contributed by atoms with Crippen LogP contribution in [0.3, 0.4) is 0 Å². The fourth-order valence-electron chi connectivity index (χ4n) is 2.59. The van der Waals surface area contributed by atoms with Crippen LogP contribution in [-0.2, 0) is 16.4 Å². The Labute approximate surface area is 126 Å². The Hall–Kier alpha value is -1.59. The number of sulfonamides is 1. The highest BCUT2D eigenvalue weighted by Crippen LogP contribution is 2.21. The van der Waals surface area contributed by atoms with Crippen LogP contribution in [0.5, 0.6) is 0 Å². The number of rotatable bonds is 6. The Bertz CT molecular complexity index is 680. The molecule has 0 aliphatic rings. The van der Waals surface area contributed by atoms with Crippen LogP contribution in [0.25, 0.3) is 0 Å². The highest BCUT2D eigenvalue weighted by atomic mass is 32.2. The van der Waals surface area contributed by atoms with Crippen LogP contribution in [0.15, 0.2) is 39.8 Å². The van der Waals surface area contributed by atoms with Crippen molar-refractivity contribution in [2.24, 2.45) is 0 Å². The molecule has 0 spiro atoms. The number of nitrogens with one attached hydrogen (secondary N) is 1. The second-order valence-electron chi connectivity index (χ2n) is 5.31. The Kier molecular flexibility index (Phi) is 4.85. The molecule has 1 aromatic carbocycles. The monoisotopic (exact) mass is 307 g/mol. The highest BCUT2D eigenvalue weighted by molar-refractivity contribution is 7.89. The minimum absolute atomic E-state index is 0.395. The molecular weight excluding hydrogens is 286 g/mol. The van der Waals surface area contributed by atoms with Crippen molar-refractivity contribution in [3.63, 3.8) is 0 Å². The van der Waals surface area contributed by atoms with E-state index in [-0.39, 0.29) is 0 Å². The zero-order valence-electron chi connectivity index (χ0n) is 12.6. The van der Waals surface area contributed by atoms with Gasteiger partial charge in [0.05, 0.1) is 11.2 Å². The van der Waals surface area contributed by atoms with Gasteiger partial charge < -0.3 is 4.42 Å². The van der Waals surface area contributed by atoms with Crippen LogP contribution >= 0.6 is 0 Å². The minimum Gasteiger partial charge on any atom is -0.469 e. The van der Waals surface area contributed by atoms with Gasteiger partial charge in [-0.3, -0.25) is 0 Å². The summed E-state index contributed by atoms with van der Waals surface area (Å²) in [7, 11) is -3.46. The van der Waals surface area contributed by atoms with E-state index in [1.165, 1.54) is 0 Å². The first-order chi connectivity index (χ1) is 9.90.